The Bertz CT molecular complexity index is 794. The predicted molar refractivity (Wildman–Crippen MR) is 101 cm³/mol. The Balaban J connectivity index is 1.56. The van der Waals surface area contributed by atoms with E-state index in [0.717, 1.165) is 23.0 Å². The van der Waals surface area contributed by atoms with Crippen molar-refractivity contribution in [1.82, 2.24) is 4.90 Å². The van der Waals surface area contributed by atoms with E-state index in [1.165, 1.54) is 0 Å². The summed E-state index contributed by atoms with van der Waals surface area (Å²) in [4.78, 5) is 2.07. The molecule has 3 aromatic rings. The molecule has 3 rings (SSSR count). The van der Waals surface area contributed by atoms with Crippen LogP contribution in [0.3, 0.4) is 0 Å². The molecule has 2 heterocycles. The van der Waals surface area contributed by atoms with Crippen LogP contribution in [-0.2, 0) is 13.1 Å². The van der Waals surface area contributed by atoms with Crippen molar-refractivity contribution in [3.8, 4) is 11.5 Å². The van der Waals surface area contributed by atoms with Gasteiger partial charge in [-0.15, -0.1) is 0 Å². The molecule has 0 fully saturated rings. The first-order valence-electron chi connectivity index (χ1n) is 8.87. The van der Waals surface area contributed by atoms with E-state index in [1.807, 2.05) is 55.5 Å². The van der Waals surface area contributed by atoms with Crippen LogP contribution in [0, 0.1) is 6.92 Å². The van der Waals surface area contributed by atoms with E-state index in [-0.39, 0.29) is 6.61 Å². The number of rotatable bonds is 10. The van der Waals surface area contributed by atoms with Crippen molar-refractivity contribution in [2.24, 2.45) is 0 Å². The lowest BCUT2D eigenvalue weighted by Gasteiger charge is -2.23. The largest absolute Gasteiger partial charge is 0.497 e. The fraction of sp³-hybridized carbons (Fsp3) is 0.333. The van der Waals surface area contributed by atoms with E-state index in [2.05, 4.69) is 4.90 Å². The van der Waals surface area contributed by atoms with Crippen molar-refractivity contribution in [3.05, 3.63) is 72.1 Å². The SMILES string of the molecule is COc1ccc(OCC(O)CN(Cc2ccco2)Cc2ccc(C)o2)cc1. The average Bonchev–Trinajstić information content (AvgIpc) is 3.32. The highest BCUT2D eigenvalue weighted by atomic mass is 16.5. The first kappa shape index (κ1) is 19.1. The van der Waals surface area contributed by atoms with E-state index in [4.69, 9.17) is 18.3 Å². The van der Waals surface area contributed by atoms with Gasteiger partial charge in [-0.25, -0.2) is 0 Å². The normalized spacial score (nSPS) is 12.3. The average molecular weight is 371 g/mol. The number of nitrogens with zero attached hydrogens (tertiary/aromatic N) is 1. The summed E-state index contributed by atoms with van der Waals surface area (Å²) >= 11 is 0. The Hall–Kier alpha value is -2.70. The molecule has 0 radical (unpaired) electrons. The maximum Gasteiger partial charge on any atom is 0.119 e. The molecule has 144 valence electrons. The quantitative estimate of drug-likeness (QED) is 0.587. The van der Waals surface area contributed by atoms with Gasteiger partial charge in [0.1, 0.15) is 41.5 Å². The number of aliphatic hydroxyl groups is 1. The molecule has 6 nitrogen and oxygen atoms in total. The molecule has 1 aromatic carbocycles. The smallest absolute Gasteiger partial charge is 0.119 e. The van der Waals surface area contributed by atoms with Crippen LogP contribution in [-0.4, -0.2) is 36.4 Å². The third kappa shape index (κ3) is 5.91. The summed E-state index contributed by atoms with van der Waals surface area (Å²) in [6.07, 6.45) is 0.992. The minimum Gasteiger partial charge on any atom is -0.497 e. The van der Waals surface area contributed by atoms with E-state index < -0.39 is 6.10 Å². The fourth-order valence-corrected chi connectivity index (χ4v) is 2.81. The fourth-order valence-electron chi connectivity index (χ4n) is 2.81. The van der Waals surface area contributed by atoms with Gasteiger partial charge < -0.3 is 23.4 Å². The van der Waals surface area contributed by atoms with Crippen molar-refractivity contribution in [3.63, 3.8) is 0 Å². The van der Waals surface area contributed by atoms with Crippen molar-refractivity contribution < 1.29 is 23.4 Å². The summed E-state index contributed by atoms with van der Waals surface area (Å²) in [5.74, 6) is 4.01. The molecule has 0 amide bonds. The van der Waals surface area contributed by atoms with Gasteiger partial charge in [-0.2, -0.15) is 0 Å². The second-order valence-electron chi connectivity index (χ2n) is 6.40. The Labute approximate surface area is 158 Å². The zero-order valence-corrected chi connectivity index (χ0v) is 15.6. The van der Waals surface area contributed by atoms with Gasteiger partial charge >= 0.3 is 0 Å². The van der Waals surface area contributed by atoms with E-state index in [0.29, 0.717) is 25.4 Å². The van der Waals surface area contributed by atoms with E-state index in [9.17, 15) is 5.11 Å². The van der Waals surface area contributed by atoms with E-state index >= 15 is 0 Å². The third-order valence-electron chi connectivity index (χ3n) is 4.11. The van der Waals surface area contributed by atoms with Crippen molar-refractivity contribution in [1.29, 1.82) is 0 Å². The van der Waals surface area contributed by atoms with Crippen LogP contribution >= 0.6 is 0 Å². The summed E-state index contributed by atoms with van der Waals surface area (Å²) < 4.78 is 21.9. The number of furan rings is 2. The molecule has 0 aliphatic heterocycles. The standard InChI is InChI=1S/C21H25NO5/c1-16-5-6-21(27-16)14-22(13-20-4-3-11-25-20)12-17(23)15-26-19-9-7-18(24-2)8-10-19/h3-11,17,23H,12-15H2,1-2H3. The van der Waals surface area contributed by atoms with Gasteiger partial charge in [-0.1, -0.05) is 0 Å². The topological polar surface area (TPSA) is 68.2 Å². The van der Waals surface area contributed by atoms with Crippen molar-refractivity contribution in [2.45, 2.75) is 26.1 Å². The van der Waals surface area contributed by atoms with Gasteiger partial charge in [-0.05, 0) is 55.5 Å². The highest BCUT2D eigenvalue weighted by Gasteiger charge is 2.16. The maximum absolute atomic E-state index is 10.4. The van der Waals surface area contributed by atoms with Crippen LogP contribution < -0.4 is 9.47 Å². The molecular formula is C21H25NO5. The number of hydrogen-bond acceptors (Lipinski definition) is 6. The second kappa shape index (κ2) is 9.30. The van der Waals surface area contributed by atoms with Crippen LogP contribution in [0.5, 0.6) is 11.5 Å². The summed E-state index contributed by atoms with van der Waals surface area (Å²) in [6, 6.07) is 14.9. The van der Waals surface area contributed by atoms with Crippen LogP contribution in [0.15, 0.2) is 63.6 Å². The summed E-state index contributed by atoms with van der Waals surface area (Å²) in [5.41, 5.74) is 0. The first-order valence-corrected chi connectivity index (χ1v) is 8.87. The number of aryl methyl sites for hydroxylation is 1. The third-order valence-corrected chi connectivity index (χ3v) is 4.11. The maximum atomic E-state index is 10.4. The molecule has 27 heavy (non-hydrogen) atoms. The van der Waals surface area contributed by atoms with Crippen LogP contribution in [0.1, 0.15) is 17.3 Å². The van der Waals surface area contributed by atoms with E-state index in [1.54, 1.807) is 13.4 Å². The minimum atomic E-state index is -0.655. The Morgan fingerprint density at radius 2 is 1.74 bits per heavy atom. The Morgan fingerprint density at radius 3 is 2.37 bits per heavy atom. The molecule has 1 unspecified atom stereocenters. The molecule has 0 saturated heterocycles. The number of ether oxygens (including phenoxy) is 2. The minimum absolute atomic E-state index is 0.193. The number of hydrogen-bond donors (Lipinski definition) is 1. The van der Waals surface area contributed by atoms with Crippen LogP contribution in [0.4, 0.5) is 0 Å². The number of benzene rings is 1. The first-order chi connectivity index (χ1) is 13.1. The van der Waals surface area contributed by atoms with Crippen LogP contribution in [0.2, 0.25) is 0 Å². The Morgan fingerprint density at radius 1 is 1.00 bits per heavy atom. The van der Waals surface area contributed by atoms with Crippen molar-refractivity contribution in [2.75, 3.05) is 20.3 Å². The highest BCUT2D eigenvalue weighted by Crippen LogP contribution is 2.18. The molecule has 0 bridgehead atoms. The number of methoxy groups -OCH3 is 1. The molecule has 2 aromatic heterocycles. The lowest BCUT2D eigenvalue weighted by molar-refractivity contribution is 0.0579. The summed E-state index contributed by atoms with van der Waals surface area (Å²) in [6.45, 7) is 3.69. The van der Waals surface area contributed by atoms with Gasteiger partial charge in [0.15, 0.2) is 0 Å². The zero-order chi connectivity index (χ0) is 19.1. The molecule has 0 aliphatic rings. The highest BCUT2D eigenvalue weighted by molar-refractivity contribution is 5.31. The van der Waals surface area contributed by atoms with Gasteiger partial charge in [-0.3, -0.25) is 4.90 Å². The second-order valence-corrected chi connectivity index (χ2v) is 6.40. The lowest BCUT2D eigenvalue weighted by Crippen LogP contribution is -2.34. The molecule has 0 saturated carbocycles. The summed E-state index contributed by atoms with van der Waals surface area (Å²) in [5, 5.41) is 10.4. The molecule has 6 heteroatoms. The predicted octanol–water partition coefficient (Wildman–Crippen LogP) is 3.63. The van der Waals surface area contributed by atoms with Gasteiger partial charge in [0.25, 0.3) is 0 Å². The monoisotopic (exact) mass is 371 g/mol. The number of aliphatic hydroxyl groups excluding tert-OH is 1. The summed E-state index contributed by atoms with van der Waals surface area (Å²) in [7, 11) is 1.62. The molecular weight excluding hydrogens is 346 g/mol. The van der Waals surface area contributed by atoms with Crippen molar-refractivity contribution >= 4 is 0 Å². The van der Waals surface area contributed by atoms with Crippen LogP contribution in [0.25, 0.3) is 0 Å². The van der Waals surface area contributed by atoms with Gasteiger partial charge in [0, 0.05) is 6.54 Å². The van der Waals surface area contributed by atoms with Gasteiger partial charge in [0.05, 0.1) is 26.5 Å². The Kier molecular flexibility index (Phi) is 6.57. The molecule has 0 aliphatic carbocycles. The molecule has 0 spiro atoms. The lowest BCUT2D eigenvalue weighted by atomic mass is 10.3. The zero-order valence-electron chi connectivity index (χ0n) is 15.6. The molecule has 1 N–H and O–H groups in total. The van der Waals surface area contributed by atoms with Gasteiger partial charge in [0.2, 0.25) is 0 Å². The molecule has 1 atom stereocenters.